The number of nitrogens with zero attached hydrogens (tertiary/aromatic N) is 1. The van der Waals surface area contributed by atoms with Gasteiger partial charge in [-0.1, -0.05) is 48.7 Å². The Bertz CT molecular complexity index is 1030. The maximum atomic E-state index is 13.5. The lowest BCUT2D eigenvalue weighted by atomic mass is 9.84. The fourth-order valence-corrected chi connectivity index (χ4v) is 4.27. The lowest BCUT2D eigenvalue weighted by Gasteiger charge is -2.30. The number of hydrogen-bond donors (Lipinski definition) is 2. The van der Waals surface area contributed by atoms with Crippen molar-refractivity contribution in [3.63, 3.8) is 0 Å². The molecule has 1 aliphatic rings. The average molecular weight is 505 g/mol. The molecular formula is C26H30Cl2N2O4. The zero-order chi connectivity index (χ0) is 24.6. The molecular weight excluding hydrogens is 475 g/mol. The van der Waals surface area contributed by atoms with Crippen LogP contribution in [0.2, 0.25) is 10.0 Å². The SMILES string of the molecule is C=CC[C@@]1(C(=O)NCCCC)N=C(c2ccc(OCCCO)cc2)O[C@@H]1c1ccc(Cl)cc1Cl. The highest BCUT2D eigenvalue weighted by atomic mass is 35.5. The summed E-state index contributed by atoms with van der Waals surface area (Å²) in [6, 6.07) is 12.4. The van der Waals surface area contributed by atoms with E-state index in [1.54, 1.807) is 36.4 Å². The molecule has 0 aromatic heterocycles. The lowest BCUT2D eigenvalue weighted by Crippen LogP contribution is -2.48. The van der Waals surface area contributed by atoms with Crippen LogP contribution in [0.4, 0.5) is 0 Å². The van der Waals surface area contributed by atoms with Gasteiger partial charge in [-0.15, -0.1) is 6.58 Å². The molecule has 1 amide bonds. The molecule has 1 heterocycles. The summed E-state index contributed by atoms with van der Waals surface area (Å²) in [5.74, 6) is 0.768. The van der Waals surface area contributed by atoms with Crippen molar-refractivity contribution in [3.8, 4) is 5.75 Å². The van der Waals surface area contributed by atoms with Crippen LogP contribution in [0.25, 0.3) is 0 Å². The summed E-state index contributed by atoms with van der Waals surface area (Å²) in [5, 5.41) is 12.8. The van der Waals surface area contributed by atoms with Gasteiger partial charge in [0.25, 0.3) is 5.91 Å². The molecule has 2 aromatic carbocycles. The first-order chi connectivity index (χ1) is 16.4. The van der Waals surface area contributed by atoms with E-state index in [9.17, 15) is 4.79 Å². The van der Waals surface area contributed by atoms with Crippen LogP contribution in [0, 0.1) is 0 Å². The first kappa shape index (κ1) is 26.1. The van der Waals surface area contributed by atoms with Crippen LogP contribution in [-0.2, 0) is 9.53 Å². The number of amides is 1. The molecule has 182 valence electrons. The molecule has 34 heavy (non-hydrogen) atoms. The van der Waals surface area contributed by atoms with Crippen LogP contribution in [-0.4, -0.2) is 42.2 Å². The standard InChI is InChI=1S/C26H30Cl2N2O4/c1-3-5-14-29-25(32)26(13-4-2)23(21-12-9-19(27)17-22(21)28)34-24(30-26)18-7-10-20(11-8-18)33-16-6-15-31/h4,7-12,17,23,31H,2-3,5-6,13-16H2,1H3,(H,29,32)/t23-,26-/m1/s1. The Labute approximate surface area is 210 Å². The second-order valence-electron chi connectivity index (χ2n) is 8.06. The number of ether oxygens (including phenoxy) is 2. The first-order valence-electron chi connectivity index (χ1n) is 11.4. The van der Waals surface area contributed by atoms with Crippen LogP contribution in [0.1, 0.15) is 49.8 Å². The van der Waals surface area contributed by atoms with Crippen molar-refractivity contribution in [1.29, 1.82) is 0 Å². The van der Waals surface area contributed by atoms with E-state index in [0.29, 0.717) is 52.4 Å². The molecule has 6 nitrogen and oxygen atoms in total. The van der Waals surface area contributed by atoms with E-state index < -0.39 is 11.6 Å². The summed E-state index contributed by atoms with van der Waals surface area (Å²) >= 11 is 12.6. The molecule has 2 atom stereocenters. The zero-order valence-corrected chi connectivity index (χ0v) is 20.7. The predicted molar refractivity (Wildman–Crippen MR) is 136 cm³/mol. The summed E-state index contributed by atoms with van der Waals surface area (Å²) in [6.07, 6.45) is 3.55. The molecule has 1 aliphatic heterocycles. The van der Waals surface area contributed by atoms with Gasteiger partial charge in [0.15, 0.2) is 11.6 Å². The number of rotatable bonds is 12. The van der Waals surface area contributed by atoms with E-state index in [-0.39, 0.29) is 18.9 Å². The third-order valence-electron chi connectivity index (χ3n) is 5.55. The number of carbonyl (C=O) groups excluding carboxylic acids is 1. The summed E-state index contributed by atoms with van der Waals surface area (Å²) in [4.78, 5) is 18.3. The van der Waals surface area contributed by atoms with Crippen molar-refractivity contribution < 1.29 is 19.4 Å². The number of unbranched alkanes of at least 4 members (excludes halogenated alkanes) is 1. The molecule has 0 saturated carbocycles. The van der Waals surface area contributed by atoms with E-state index in [1.165, 1.54) is 0 Å². The minimum absolute atomic E-state index is 0.0725. The molecule has 0 radical (unpaired) electrons. The Hall–Kier alpha value is -2.54. The molecule has 0 bridgehead atoms. The topological polar surface area (TPSA) is 80.2 Å². The van der Waals surface area contributed by atoms with E-state index in [2.05, 4.69) is 18.8 Å². The van der Waals surface area contributed by atoms with Gasteiger partial charge in [0.2, 0.25) is 5.90 Å². The normalized spacial score (nSPS) is 19.3. The largest absolute Gasteiger partial charge is 0.494 e. The van der Waals surface area contributed by atoms with Gasteiger partial charge in [0, 0.05) is 47.2 Å². The minimum atomic E-state index is -1.27. The number of aliphatic hydroxyl groups excluding tert-OH is 1. The maximum absolute atomic E-state index is 13.5. The Balaban J connectivity index is 1.99. The second kappa shape index (κ2) is 12.2. The van der Waals surface area contributed by atoms with Crippen molar-refractivity contribution in [2.24, 2.45) is 4.99 Å². The van der Waals surface area contributed by atoms with Crippen molar-refractivity contribution in [2.45, 2.75) is 44.2 Å². The fraction of sp³-hybridized carbons (Fsp3) is 0.385. The highest BCUT2D eigenvalue weighted by molar-refractivity contribution is 6.35. The molecule has 0 aliphatic carbocycles. The minimum Gasteiger partial charge on any atom is -0.494 e. The van der Waals surface area contributed by atoms with Crippen LogP contribution in [0.5, 0.6) is 5.75 Å². The number of aliphatic imine (C=N–C) groups is 1. The monoisotopic (exact) mass is 504 g/mol. The molecule has 8 heteroatoms. The third kappa shape index (κ3) is 5.93. The highest BCUT2D eigenvalue weighted by Crippen LogP contribution is 2.45. The van der Waals surface area contributed by atoms with Gasteiger partial charge < -0.3 is 19.9 Å². The van der Waals surface area contributed by atoms with Gasteiger partial charge in [0.1, 0.15) is 5.75 Å². The molecule has 0 unspecified atom stereocenters. The van der Waals surface area contributed by atoms with Crippen molar-refractivity contribution >= 4 is 35.0 Å². The Morgan fingerprint density at radius 2 is 2.03 bits per heavy atom. The number of aliphatic hydroxyl groups is 1. The maximum Gasteiger partial charge on any atom is 0.252 e. The number of halogens is 2. The van der Waals surface area contributed by atoms with Gasteiger partial charge in [-0.25, -0.2) is 4.99 Å². The van der Waals surface area contributed by atoms with Gasteiger partial charge in [-0.05, 0) is 42.8 Å². The summed E-state index contributed by atoms with van der Waals surface area (Å²) < 4.78 is 11.9. The first-order valence-corrected chi connectivity index (χ1v) is 12.2. The Morgan fingerprint density at radius 3 is 2.68 bits per heavy atom. The number of nitrogens with one attached hydrogen (secondary N) is 1. The van der Waals surface area contributed by atoms with E-state index in [1.807, 2.05) is 12.1 Å². The quantitative estimate of drug-likeness (QED) is 0.295. The molecule has 2 aromatic rings. The third-order valence-corrected chi connectivity index (χ3v) is 6.11. The van der Waals surface area contributed by atoms with Crippen LogP contribution in [0.3, 0.4) is 0 Å². The number of benzene rings is 2. The summed E-state index contributed by atoms with van der Waals surface area (Å²) in [5.41, 5.74) is 0.0663. The van der Waals surface area contributed by atoms with E-state index >= 15 is 0 Å². The smallest absolute Gasteiger partial charge is 0.252 e. The molecule has 2 N–H and O–H groups in total. The van der Waals surface area contributed by atoms with Crippen molar-refractivity contribution in [3.05, 3.63) is 76.3 Å². The van der Waals surface area contributed by atoms with Crippen LogP contribution >= 0.6 is 23.2 Å². The van der Waals surface area contributed by atoms with Gasteiger partial charge in [0.05, 0.1) is 6.61 Å². The summed E-state index contributed by atoms with van der Waals surface area (Å²) in [7, 11) is 0. The fourth-order valence-electron chi connectivity index (χ4n) is 3.76. The number of hydrogen-bond acceptors (Lipinski definition) is 5. The highest BCUT2D eigenvalue weighted by Gasteiger charge is 2.52. The Morgan fingerprint density at radius 1 is 1.26 bits per heavy atom. The number of carbonyl (C=O) groups is 1. The van der Waals surface area contributed by atoms with Gasteiger partial charge >= 0.3 is 0 Å². The Kier molecular flexibility index (Phi) is 9.39. The summed E-state index contributed by atoms with van der Waals surface area (Å²) in [6.45, 7) is 6.96. The van der Waals surface area contributed by atoms with Crippen LogP contribution < -0.4 is 10.1 Å². The average Bonchev–Trinajstić information content (AvgIpc) is 3.20. The van der Waals surface area contributed by atoms with Crippen molar-refractivity contribution in [2.75, 3.05) is 19.8 Å². The zero-order valence-electron chi connectivity index (χ0n) is 19.2. The molecule has 0 spiro atoms. The lowest BCUT2D eigenvalue weighted by molar-refractivity contribution is -0.128. The van der Waals surface area contributed by atoms with Crippen LogP contribution in [0.15, 0.2) is 60.1 Å². The van der Waals surface area contributed by atoms with E-state index in [0.717, 1.165) is 12.8 Å². The van der Waals surface area contributed by atoms with Gasteiger partial charge in [-0.2, -0.15) is 0 Å². The van der Waals surface area contributed by atoms with E-state index in [4.69, 9.17) is 42.8 Å². The molecule has 0 saturated heterocycles. The predicted octanol–water partition coefficient (Wildman–Crippen LogP) is 5.50. The van der Waals surface area contributed by atoms with Crippen molar-refractivity contribution in [1.82, 2.24) is 5.32 Å². The second-order valence-corrected chi connectivity index (χ2v) is 8.90. The van der Waals surface area contributed by atoms with Gasteiger partial charge in [-0.3, -0.25) is 4.79 Å². The molecule has 0 fully saturated rings. The molecule has 3 rings (SSSR count).